The standard InChI is InChI=1S/C18H21F3N2O4/c1-3-4-9-26-13-8-6-5-7-12(13)15-14(11(2)22-17(25)23-15)16(24)27-10-18(19,20)21/h5-8,15H,3-4,9-10H2,1-2H3,(H2,22,23,25). The highest BCUT2D eigenvalue weighted by Crippen LogP contribution is 2.34. The number of carbonyl (C=O) groups excluding carboxylic acids is 2. The predicted octanol–water partition coefficient (Wildman–Crippen LogP) is 3.60. The molecule has 0 fully saturated rings. The topological polar surface area (TPSA) is 76.7 Å². The molecule has 1 atom stereocenters. The molecule has 1 unspecified atom stereocenters. The van der Waals surface area contributed by atoms with Gasteiger partial charge in [0.2, 0.25) is 0 Å². The van der Waals surface area contributed by atoms with Crippen LogP contribution in [0.5, 0.6) is 5.75 Å². The molecule has 148 valence electrons. The van der Waals surface area contributed by atoms with Crippen molar-refractivity contribution in [2.45, 2.75) is 38.9 Å². The zero-order chi connectivity index (χ0) is 20.0. The van der Waals surface area contributed by atoms with E-state index >= 15 is 0 Å². The second-order valence-corrected chi connectivity index (χ2v) is 6.00. The van der Waals surface area contributed by atoms with Gasteiger partial charge in [-0.1, -0.05) is 31.5 Å². The number of rotatable bonds is 7. The molecule has 1 aromatic rings. The maximum Gasteiger partial charge on any atom is 0.422 e. The Morgan fingerprint density at radius 2 is 1.96 bits per heavy atom. The monoisotopic (exact) mass is 386 g/mol. The molecule has 0 saturated heterocycles. The van der Waals surface area contributed by atoms with Crippen LogP contribution in [0.25, 0.3) is 0 Å². The van der Waals surface area contributed by atoms with Gasteiger partial charge in [-0.05, 0) is 19.4 Å². The van der Waals surface area contributed by atoms with Crippen LogP contribution in [0.3, 0.4) is 0 Å². The second kappa shape index (κ2) is 8.79. The quantitative estimate of drug-likeness (QED) is 0.555. The zero-order valence-electron chi connectivity index (χ0n) is 15.0. The van der Waals surface area contributed by atoms with Crippen molar-refractivity contribution >= 4 is 12.0 Å². The fraction of sp³-hybridized carbons (Fsp3) is 0.444. The third-order valence-electron chi connectivity index (χ3n) is 3.84. The van der Waals surface area contributed by atoms with Crippen molar-refractivity contribution in [2.75, 3.05) is 13.2 Å². The molecule has 2 rings (SSSR count). The van der Waals surface area contributed by atoms with Crippen LogP contribution in [0.1, 0.15) is 38.3 Å². The van der Waals surface area contributed by atoms with Crippen molar-refractivity contribution in [1.29, 1.82) is 0 Å². The van der Waals surface area contributed by atoms with E-state index in [0.29, 0.717) is 17.9 Å². The Kier molecular flexibility index (Phi) is 6.70. The van der Waals surface area contributed by atoms with E-state index in [1.807, 2.05) is 6.92 Å². The lowest BCUT2D eigenvalue weighted by Crippen LogP contribution is -2.45. The SMILES string of the molecule is CCCCOc1ccccc1C1NC(=O)NC(C)=C1C(=O)OCC(F)(F)F. The summed E-state index contributed by atoms with van der Waals surface area (Å²) in [5.74, 6) is -0.724. The van der Waals surface area contributed by atoms with Gasteiger partial charge in [0.25, 0.3) is 0 Å². The van der Waals surface area contributed by atoms with Gasteiger partial charge in [0.05, 0.1) is 18.2 Å². The van der Waals surface area contributed by atoms with Crippen LogP contribution in [0.2, 0.25) is 0 Å². The lowest BCUT2D eigenvalue weighted by molar-refractivity contribution is -0.183. The average molecular weight is 386 g/mol. The minimum Gasteiger partial charge on any atom is -0.493 e. The first-order valence-corrected chi connectivity index (χ1v) is 8.46. The number of para-hydroxylation sites is 1. The van der Waals surface area contributed by atoms with Crippen LogP contribution < -0.4 is 15.4 Å². The van der Waals surface area contributed by atoms with Gasteiger partial charge in [0.15, 0.2) is 6.61 Å². The van der Waals surface area contributed by atoms with Crippen LogP contribution in [-0.2, 0) is 9.53 Å². The summed E-state index contributed by atoms with van der Waals surface area (Å²) in [5.41, 5.74) is 0.478. The van der Waals surface area contributed by atoms with Crippen LogP contribution in [-0.4, -0.2) is 31.4 Å². The van der Waals surface area contributed by atoms with Gasteiger partial charge in [0, 0.05) is 11.3 Å². The van der Waals surface area contributed by atoms with Gasteiger partial charge in [-0.3, -0.25) is 0 Å². The fourth-order valence-corrected chi connectivity index (χ4v) is 2.60. The number of alkyl halides is 3. The molecule has 0 saturated carbocycles. The van der Waals surface area contributed by atoms with E-state index in [1.54, 1.807) is 24.3 Å². The number of benzene rings is 1. The Bertz CT molecular complexity index is 732. The first-order valence-electron chi connectivity index (χ1n) is 8.46. The predicted molar refractivity (Wildman–Crippen MR) is 91.0 cm³/mol. The average Bonchev–Trinajstić information content (AvgIpc) is 2.59. The minimum absolute atomic E-state index is 0.106. The highest BCUT2D eigenvalue weighted by atomic mass is 19.4. The lowest BCUT2D eigenvalue weighted by Gasteiger charge is -2.29. The molecule has 0 aromatic heterocycles. The van der Waals surface area contributed by atoms with E-state index in [9.17, 15) is 22.8 Å². The number of carbonyl (C=O) groups is 2. The summed E-state index contributed by atoms with van der Waals surface area (Å²) < 4.78 is 47.3. The number of nitrogens with one attached hydrogen (secondary N) is 2. The molecule has 1 aliphatic rings. The molecule has 9 heteroatoms. The molecule has 2 N–H and O–H groups in total. The number of ether oxygens (including phenoxy) is 2. The maximum atomic E-state index is 12.4. The van der Waals surface area contributed by atoms with E-state index in [-0.39, 0.29) is 11.3 Å². The second-order valence-electron chi connectivity index (χ2n) is 6.00. The maximum absolute atomic E-state index is 12.4. The highest BCUT2D eigenvalue weighted by Gasteiger charge is 2.36. The third-order valence-corrected chi connectivity index (χ3v) is 3.84. The van der Waals surface area contributed by atoms with Crippen LogP contribution in [0.4, 0.5) is 18.0 Å². The Morgan fingerprint density at radius 1 is 1.26 bits per heavy atom. The number of amides is 2. The number of esters is 1. The number of unbranched alkanes of at least 4 members (excludes halogenated alkanes) is 1. The summed E-state index contributed by atoms with van der Waals surface area (Å²) in [7, 11) is 0. The summed E-state index contributed by atoms with van der Waals surface area (Å²) in [4.78, 5) is 24.2. The molecule has 1 heterocycles. The van der Waals surface area contributed by atoms with Crippen molar-refractivity contribution in [2.24, 2.45) is 0 Å². The summed E-state index contributed by atoms with van der Waals surface area (Å²) >= 11 is 0. The Morgan fingerprint density at radius 3 is 2.63 bits per heavy atom. The van der Waals surface area contributed by atoms with Crippen molar-refractivity contribution in [3.8, 4) is 5.75 Å². The first-order chi connectivity index (χ1) is 12.7. The number of hydrogen-bond acceptors (Lipinski definition) is 4. The van der Waals surface area contributed by atoms with Gasteiger partial charge in [-0.2, -0.15) is 13.2 Å². The fourth-order valence-electron chi connectivity index (χ4n) is 2.60. The Hall–Kier alpha value is -2.71. The lowest BCUT2D eigenvalue weighted by atomic mass is 9.95. The Balaban J connectivity index is 2.34. The van der Waals surface area contributed by atoms with Gasteiger partial charge >= 0.3 is 18.2 Å². The number of halogens is 3. The summed E-state index contributed by atoms with van der Waals surface area (Å²) in [6, 6.07) is 5.16. The molecule has 0 bridgehead atoms. The van der Waals surface area contributed by atoms with E-state index in [0.717, 1.165) is 12.8 Å². The largest absolute Gasteiger partial charge is 0.493 e. The van der Waals surface area contributed by atoms with E-state index in [2.05, 4.69) is 15.4 Å². The highest BCUT2D eigenvalue weighted by molar-refractivity contribution is 5.95. The minimum atomic E-state index is -4.65. The van der Waals surface area contributed by atoms with Gasteiger partial charge < -0.3 is 20.1 Å². The molecular formula is C18H21F3N2O4. The summed E-state index contributed by atoms with van der Waals surface area (Å²) in [6.45, 7) is 2.15. The zero-order valence-corrected chi connectivity index (χ0v) is 15.0. The van der Waals surface area contributed by atoms with Gasteiger partial charge in [-0.25, -0.2) is 9.59 Å². The van der Waals surface area contributed by atoms with Crippen LogP contribution in [0, 0.1) is 0 Å². The Labute approximate surface area is 154 Å². The number of hydrogen-bond donors (Lipinski definition) is 2. The molecule has 6 nitrogen and oxygen atoms in total. The molecule has 0 radical (unpaired) electrons. The molecule has 1 aliphatic heterocycles. The summed E-state index contributed by atoms with van der Waals surface area (Å²) in [5, 5.41) is 4.94. The summed E-state index contributed by atoms with van der Waals surface area (Å²) in [6.07, 6.45) is -2.92. The smallest absolute Gasteiger partial charge is 0.422 e. The van der Waals surface area contributed by atoms with E-state index < -0.39 is 30.8 Å². The van der Waals surface area contributed by atoms with Crippen molar-refractivity contribution in [3.63, 3.8) is 0 Å². The number of allylic oxidation sites excluding steroid dienone is 1. The normalized spacial score (nSPS) is 17.2. The molecular weight excluding hydrogens is 365 g/mol. The molecule has 1 aromatic carbocycles. The first kappa shape index (κ1) is 20.6. The van der Waals surface area contributed by atoms with Crippen molar-refractivity contribution < 1.29 is 32.2 Å². The molecule has 27 heavy (non-hydrogen) atoms. The van der Waals surface area contributed by atoms with E-state index in [4.69, 9.17) is 4.74 Å². The van der Waals surface area contributed by atoms with Crippen LogP contribution in [0.15, 0.2) is 35.5 Å². The van der Waals surface area contributed by atoms with Gasteiger partial charge in [-0.15, -0.1) is 0 Å². The van der Waals surface area contributed by atoms with Crippen molar-refractivity contribution in [1.82, 2.24) is 10.6 Å². The molecule has 2 amide bonds. The van der Waals surface area contributed by atoms with Gasteiger partial charge in [0.1, 0.15) is 5.75 Å². The molecule has 0 aliphatic carbocycles. The van der Waals surface area contributed by atoms with Crippen LogP contribution >= 0.6 is 0 Å². The van der Waals surface area contributed by atoms with Crippen molar-refractivity contribution in [3.05, 3.63) is 41.1 Å². The number of urea groups is 1. The third kappa shape index (κ3) is 5.63. The van der Waals surface area contributed by atoms with E-state index in [1.165, 1.54) is 6.92 Å². The molecule has 0 spiro atoms.